The average Bonchev–Trinajstić information content (AvgIpc) is 2.47. The second-order valence-corrected chi connectivity index (χ2v) is 4.04. The zero-order valence-corrected chi connectivity index (χ0v) is 13.5. The Morgan fingerprint density at radius 1 is 0.955 bits per heavy atom. The van der Waals surface area contributed by atoms with Gasteiger partial charge in [-0.25, -0.2) is 4.79 Å². The quantitative estimate of drug-likeness (QED) is 0.370. The number of hydrogen-bond donors (Lipinski definition) is 0. The molecule has 6 nitrogen and oxygen atoms in total. The van der Waals surface area contributed by atoms with Crippen LogP contribution in [0, 0.1) is 0 Å². The number of ether oxygens (including phenoxy) is 2. The van der Waals surface area contributed by atoms with E-state index in [0.29, 0.717) is 6.61 Å². The molecule has 10 heteroatoms. The molecule has 0 radical (unpaired) electrons. The molecule has 0 atom stereocenters. The minimum atomic E-state index is -4.11. The molecule has 0 aromatic rings. The Morgan fingerprint density at radius 3 is 1.82 bits per heavy atom. The van der Waals surface area contributed by atoms with E-state index in [-0.39, 0.29) is 24.7 Å². The fraction of sp³-hybridized carbons (Fsp3) is 0.667. The van der Waals surface area contributed by atoms with E-state index in [0.717, 1.165) is 0 Å². The summed E-state index contributed by atoms with van der Waals surface area (Å²) in [5.41, 5.74) is 0. The second kappa shape index (κ2) is 12.3. The Morgan fingerprint density at radius 2 is 1.45 bits per heavy atom. The Kier molecular flexibility index (Phi) is 12.8. The van der Waals surface area contributed by atoms with Crippen molar-refractivity contribution in [2.75, 3.05) is 25.0 Å². The largest absolute Gasteiger partial charge is 0.466 e. The molecule has 0 aromatic heterocycles. The Labute approximate surface area is 136 Å². The highest BCUT2D eigenvalue weighted by molar-refractivity contribution is 6.30. The van der Waals surface area contributed by atoms with Gasteiger partial charge in [-0.3, -0.25) is 14.4 Å². The summed E-state index contributed by atoms with van der Waals surface area (Å²) in [5, 5.41) is 0. The third-order valence-electron chi connectivity index (χ3n) is 1.80. The predicted octanol–water partition coefficient (Wildman–Crippen LogP) is 1.74. The number of rotatable bonds is 8. The molecular formula is C12H16Cl2F2O6. The molecule has 0 bridgehead atoms. The van der Waals surface area contributed by atoms with Crippen LogP contribution in [0.15, 0.2) is 0 Å². The summed E-state index contributed by atoms with van der Waals surface area (Å²) in [6, 6.07) is 0. The van der Waals surface area contributed by atoms with E-state index in [1.165, 1.54) is 6.92 Å². The summed E-state index contributed by atoms with van der Waals surface area (Å²) in [4.78, 5) is 41.8. The molecule has 0 aromatic carbocycles. The Hall–Kier alpha value is -1.28. The smallest absolute Gasteiger partial charge is 0.401 e. The minimum absolute atomic E-state index is 0.126. The molecule has 0 unspecified atom stereocenters. The van der Waals surface area contributed by atoms with Crippen LogP contribution in [0.5, 0.6) is 0 Å². The molecule has 22 heavy (non-hydrogen) atoms. The lowest BCUT2D eigenvalue weighted by atomic mass is 10.2. The van der Waals surface area contributed by atoms with Crippen molar-refractivity contribution in [1.82, 2.24) is 0 Å². The fourth-order valence-corrected chi connectivity index (χ4v) is 1.10. The van der Waals surface area contributed by atoms with Gasteiger partial charge in [0.2, 0.25) is 5.78 Å². The first-order valence-corrected chi connectivity index (χ1v) is 7.11. The number of carbonyl (C=O) groups is 4. The lowest BCUT2D eigenvalue weighted by molar-refractivity contribution is -0.175. The average molecular weight is 365 g/mol. The van der Waals surface area contributed by atoms with Crippen molar-refractivity contribution in [1.29, 1.82) is 0 Å². The van der Waals surface area contributed by atoms with Crippen LogP contribution < -0.4 is 0 Å². The second-order valence-electron chi connectivity index (χ2n) is 3.51. The van der Waals surface area contributed by atoms with Crippen LogP contribution in [-0.2, 0) is 28.7 Å². The van der Waals surface area contributed by atoms with E-state index >= 15 is 0 Å². The van der Waals surface area contributed by atoms with Gasteiger partial charge in [-0.05, 0) is 13.8 Å². The number of halogens is 4. The third-order valence-corrected chi connectivity index (χ3v) is 2.34. The Balaban J connectivity index is 0. The first-order chi connectivity index (χ1) is 10.2. The van der Waals surface area contributed by atoms with Crippen LogP contribution in [0.4, 0.5) is 8.78 Å². The van der Waals surface area contributed by atoms with Crippen molar-refractivity contribution in [3.05, 3.63) is 0 Å². The predicted molar refractivity (Wildman–Crippen MR) is 74.3 cm³/mol. The van der Waals surface area contributed by atoms with Crippen LogP contribution in [-0.4, -0.2) is 54.4 Å². The van der Waals surface area contributed by atoms with Gasteiger partial charge in [-0.1, -0.05) is 0 Å². The monoisotopic (exact) mass is 364 g/mol. The summed E-state index contributed by atoms with van der Waals surface area (Å²) in [7, 11) is 0. The summed E-state index contributed by atoms with van der Waals surface area (Å²) >= 11 is 9.98. The molecule has 0 N–H and O–H groups in total. The van der Waals surface area contributed by atoms with Gasteiger partial charge in [0, 0.05) is 0 Å². The van der Waals surface area contributed by atoms with Gasteiger partial charge in [0.25, 0.3) is 0 Å². The van der Waals surface area contributed by atoms with Gasteiger partial charge in [-0.15, -0.1) is 23.2 Å². The van der Waals surface area contributed by atoms with E-state index in [2.05, 4.69) is 9.47 Å². The number of alkyl halides is 4. The summed E-state index contributed by atoms with van der Waals surface area (Å²) < 4.78 is 33.4. The van der Waals surface area contributed by atoms with Gasteiger partial charge in [-0.2, -0.15) is 8.78 Å². The first-order valence-electron chi connectivity index (χ1n) is 6.04. The topological polar surface area (TPSA) is 86.7 Å². The highest BCUT2D eigenvalue weighted by Gasteiger charge is 2.47. The number of hydrogen-bond acceptors (Lipinski definition) is 6. The molecule has 0 aliphatic carbocycles. The van der Waals surface area contributed by atoms with Crippen molar-refractivity contribution < 1.29 is 37.4 Å². The highest BCUT2D eigenvalue weighted by Crippen LogP contribution is 2.17. The molecule has 0 rings (SSSR count). The van der Waals surface area contributed by atoms with Crippen LogP contribution >= 0.6 is 23.2 Å². The number of ketones is 2. The lowest BCUT2D eigenvalue weighted by Crippen LogP contribution is -2.40. The van der Waals surface area contributed by atoms with Crippen LogP contribution in [0.2, 0.25) is 0 Å². The molecule has 0 aliphatic heterocycles. The maximum Gasteiger partial charge on any atom is 0.401 e. The zero-order chi connectivity index (χ0) is 17.8. The molecule has 0 saturated heterocycles. The van der Waals surface area contributed by atoms with Crippen molar-refractivity contribution in [3.8, 4) is 0 Å². The van der Waals surface area contributed by atoms with Crippen LogP contribution in [0.1, 0.15) is 20.3 Å². The van der Waals surface area contributed by atoms with E-state index in [1.807, 2.05) is 0 Å². The molecule has 0 heterocycles. The normalized spacial score (nSPS) is 10.1. The number of Topliss-reactive ketones (excluding diaryl/α,β-unsaturated/α-hetero) is 2. The summed E-state index contributed by atoms with van der Waals surface area (Å²) in [5.74, 6) is -9.46. The van der Waals surface area contributed by atoms with Crippen molar-refractivity contribution >= 4 is 46.7 Å². The maximum atomic E-state index is 12.5. The van der Waals surface area contributed by atoms with Gasteiger partial charge in [0.15, 0.2) is 5.78 Å². The van der Waals surface area contributed by atoms with Gasteiger partial charge in [0.05, 0.1) is 25.0 Å². The highest BCUT2D eigenvalue weighted by atomic mass is 35.5. The van der Waals surface area contributed by atoms with Crippen molar-refractivity contribution in [2.45, 2.75) is 26.2 Å². The summed E-state index contributed by atoms with van der Waals surface area (Å²) in [6.07, 6.45) is -0.211. The van der Waals surface area contributed by atoms with Crippen LogP contribution in [0.25, 0.3) is 0 Å². The van der Waals surface area contributed by atoms with E-state index < -0.39 is 29.5 Å². The molecule has 0 amide bonds. The standard InChI is InChI=1S/C6H7ClF2O3.C6H9ClO3/c1-2-12-5(11)6(8,9)4(10)3-7;1-2-10-6(9)3-5(8)4-7/h2-3H2,1H3;2-4H2,1H3. The zero-order valence-electron chi connectivity index (χ0n) is 12.0. The van der Waals surface area contributed by atoms with Gasteiger partial charge in [0.1, 0.15) is 6.42 Å². The SMILES string of the molecule is CCOC(=O)C(F)(F)C(=O)CCl.CCOC(=O)CC(=O)CCl. The first kappa shape index (κ1) is 23.0. The molecule has 0 aliphatic rings. The number of carbonyl (C=O) groups excluding carboxylic acids is 4. The fourth-order valence-electron chi connectivity index (χ4n) is 0.840. The van der Waals surface area contributed by atoms with Gasteiger partial charge >= 0.3 is 17.9 Å². The van der Waals surface area contributed by atoms with Crippen molar-refractivity contribution in [2.24, 2.45) is 0 Å². The molecule has 0 fully saturated rings. The van der Waals surface area contributed by atoms with E-state index in [1.54, 1.807) is 6.92 Å². The molecule has 0 spiro atoms. The maximum absolute atomic E-state index is 12.5. The molecule has 128 valence electrons. The molecule has 0 saturated carbocycles. The Bertz CT molecular complexity index is 401. The van der Waals surface area contributed by atoms with Crippen molar-refractivity contribution in [3.63, 3.8) is 0 Å². The summed E-state index contributed by atoms with van der Waals surface area (Å²) in [6.45, 7) is 3.14. The molecular weight excluding hydrogens is 349 g/mol. The lowest BCUT2D eigenvalue weighted by Gasteiger charge is -2.10. The third kappa shape index (κ3) is 9.62. The van der Waals surface area contributed by atoms with Crippen LogP contribution in [0.3, 0.4) is 0 Å². The van der Waals surface area contributed by atoms with E-state index in [4.69, 9.17) is 23.2 Å². The van der Waals surface area contributed by atoms with Gasteiger partial charge < -0.3 is 9.47 Å². The number of esters is 2. The van der Waals surface area contributed by atoms with E-state index in [9.17, 15) is 28.0 Å². The minimum Gasteiger partial charge on any atom is -0.466 e.